The first-order valence-corrected chi connectivity index (χ1v) is 5.62. The molecule has 0 radical (unpaired) electrons. The lowest BCUT2D eigenvalue weighted by atomic mass is 10.4. The van der Waals surface area contributed by atoms with Gasteiger partial charge in [-0.2, -0.15) is 0 Å². The van der Waals surface area contributed by atoms with Crippen molar-refractivity contribution in [3.05, 3.63) is 18.1 Å². The van der Waals surface area contributed by atoms with Crippen LogP contribution in [-0.2, 0) is 4.79 Å². The molecule has 0 spiro atoms. The highest BCUT2D eigenvalue weighted by atomic mass is 16.4. The summed E-state index contributed by atoms with van der Waals surface area (Å²) in [4.78, 5) is 31.5. The molecule has 1 aromatic heterocycles. The van der Waals surface area contributed by atoms with Crippen molar-refractivity contribution in [2.45, 2.75) is 18.9 Å². The Hall–Kier alpha value is -2.18. The molecular formula is C11H14N4O3. The number of anilines is 1. The molecule has 1 fully saturated rings. The summed E-state index contributed by atoms with van der Waals surface area (Å²) in [6.45, 7) is 0.178. The molecule has 2 rings (SSSR count). The van der Waals surface area contributed by atoms with Crippen molar-refractivity contribution < 1.29 is 14.7 Å². The highest BCUT2D eigenvalue weighted by Crippen LogP contribution is 2.18. The number of hydrogen-bond acceptors (Lipinski definition) is 5. The number of hydrogen-bond donors (Lipinski definition) is 2. The van der Waals surface area contributed by atoms with E-state index in [9.17, 15) is 9.59 Å². The first-order valence-electron chi connectivity index (χ1n) is 5.62. The van der Waals surface area contributed by atoms with E-state index in [1.807, 2.05) is 0 Å². The van der Waals surface area contributed by atoms with Crippen LogP contribution in [0, 0.1) is 0 Å². The van der Waals surface area contributed by atoms with Crippen LogP contribution in [-0.4, -0.2) is 46.6 Å². The van der Waals surface area contributed by atoms with E-state index in [-0.39, 0.29) is 18.1 Å². The average molecular weight is 250 g/mol. The van der Waals surface area contributed by atoms with Gasteiger partial charge >= 0.3 is 5.97 Å². The Morgan fingerprint density at radius 2 is 2.17 bits per heavy atom. The first kappa shape index (κ1) is 12.3. The Bertz CT molecular complexity index is 456. The van der Waals surface area contributed by atoms with Gasteiger partial charge in [-0.3, -0.25) is 4.79 Å². The largest absolute Gasteiger partial charge is 0.476 e. The zero-order valence-corrected chi connectivity index (χ0v) is 9.96. The van der Waals surface area contributed by atoms with E-state index in [0.717, 1.165) is 12.8 Å². The Morgan fingerprint density at radius 3 is 2.67 bits per heavy atom. The van der Waals surface area contributed by atoms with Crippen molar-refractivity contribution in [1.82, 2.24) is 15.3 Å². The van der Waals surface area contributed by atoms with Crippen LogP contribution in [0.25, 0.3) is 0 Å². The third kappa shape index (κ3) is 3.16. The molecule has 1 heterocycles. The number of carboxylic acids is 1. The quantitative estimate of drug-likeness (QED) is 0.757. The van der Waals surface area contributed by atoms with Crippen molar-refractivity contribution in [3.8, 4) is 0 Å². The summed E-state index contributed by atoms with van der Waals surface area (Å²) in [5.41, 5.74) is -0.116. The van der Waals surface area contributed by atoms with Crippen LogP contribution < -0.4 is 10.2 Å². The van der Waals surface area contributed by atoms with E-state index < -0.39 is 5.97 Å². The predicted octanol–water partition coefficient (Wildman–Crippen LogP) is -0.110. The van der Waals surface area contributed by atoms with Gasteiger partial charge in [-0.05, 0) is 12.8 Å². The molecule has 1 aromatic rings. The molecule has 18 heavy (non-hydrogen) atoms. The fourth-order valence-corrected chi connectivity index (χ4v) is 1.43. The lowest BCUT2D eigenvalue weighted by molar-refractivity contribution is -0.119. The molecule has 0 unspecified atom stereocenters. The normalized spacial score (nSPS) is 14.1. The van der Waals surface area contributed by atoms with Gasteiger partial charge in [0.2, 0.25) is 5.91 Å². The van der Waals surface area contributed by atoms with Crippen molar-refractivity contribution in [1.29, 1.82) is 0 Å². The number of amides is 1. The second-order valence-electron chi connectivity index (χ2n) is 4.26. The van der Waals surface area contributed by atoms with Crippen LogP contribution in [0.2, 0.25) is 0 Å². The molecule has 0 aromatic carbocycles. The van der Waals surface area contributed by atoms with Crippen molar-refractivity contribution >= 4 is 17.7 Å². The maximum absolute atomic E-state index is 11.6. The van der Waals surface area contributed by atoms with Crippen molar-refractivity contribution in [3.63, 3.8) is 0 Å². The lowest BCUT2D eigenvalue weighted by Crippen LogP contribution is -2.36. The smallest absolute Gasteiger partial charge is 0.356 e. The molecule has 96 valence electrons. The molecule has 1 saturated carbocycles. The van der Waals surface area contributed by atoms with Gasteiger partial charge in [0.15, 0.2) is 5.69 Å². The van der Waals surface area contributed by atoms with Gasteiger partial charge in [0, 0.05) is 13.1 Å². The minimum Gasteiger partial charge on any atom is -0.476 e. The standard InChI is InChI=1S/C11H14N4O3/c1-15(6-10(16)14-7-2-3-7)9-5-12-8(4-13-9)11(17)18/h4-5,7H,2-3,6H2,1H3,(H,14,16)(H,17,18). The molecule has 1 amide bonds. The van der Waals surface area contributed by atoms with Gasteiger partial charge in [0.05, 0.1) is 18.9 Å². The monoisotopic (exact) mass is 250 g/mol. The summed E-state index contributed by atoms with van der Waals surface area (Å²) in [5.74, 6) is -0.724. The Morgan fingerprint density at radius 1 is 1.44 bits per heavy atom. The maximum atomic E-state index is 11.6. The van der Waals surface area contributed by atoms with Crippen LogP contribution in [0.5, 0.6) is 0 Å². The van der Waals surface area contributed by atoms with E-state index in [4.69, 9.17) is 5.11 Å². The Kier molecular flexibility index (Phi) is 3.40. The Balaban J connectivity index is 1.92. The molecule has 0 atom stereocenters. The lowest BCUT2D eigenvalue weighted by Gasteiger charge is -2.17. The highest BCUT2D eigenvalue weighted by Gasteiger charge is 2.23. The van der Waals surface area contributed by atoms with Gasteiger partial charge in [-0.1, -0.05) is 0 Å². The number of aromatic carboxylic acids is 1. The van der Waals surface area contributed by atoms with Gasteiger partial charge in [-0.15, -0.1) is 0 Å². The maximum Gasteiger partial charge on any atom is 0.356 e. The highest BCUT2D eigenvalue weighted by molar-refractivity contribution is 5.85. The number of likely N-dealkylation sites (N-methyl/N-ethyl adjacent to an activating group) is 1. The molecule has 2 N–H and O–H groups in total. The number of nitrogens with one attached hydrogen (secondary N) is 1. The predicted molar refractivity (Wildman–Crippen MR) is 63.4 cm³/mol. The fourth-order valence-electron chi connectivity index (χ4n) is 1.43. The summed E-state index contributed by atoms with van der Waals surface area (Å²) in [7, 11) is 1.71. The van der Waals surface area contributed by atoms with E-state index in [0.29, 0.717) is 11.9 Å². The summed E-state index contributed by atoms with van der Waals surface area (Å²) in [5, 5.41) is 11.5. The summed E-state index contributed by atoms with van der Waals surface area (Å²) >= 11 is 0. The number of rotatable bonds is 5. The molecule has 0 bridgehead atoms. The van der Waals surface area contributed by atoms with Crippen LogP contribution in [0.3, 0.4) is 0 Å². The minimum atomic E-state index is -1.12. The SMILES string of the molecule is CN(CC(=O)NC1CC1)c1cnc(C(=O)O)cn1. The zero-order chi connectivity index (χ0) is 13.1. The molecule has 1 aliphatic carbocycles. The van der Waals surface area contributed by atoms with Crippen LogP contribution >= 0.6 is 0 Å². The number of carbonyl (C=O) groups is 2. The van der Waals surface area contributed by atoms with Gasteiger partial charge < -0.3 is 15.3 Å². The van der Waals surface area contributed by atoms with Crippen LogP contribution in [0.15, 0.2) is 12.4 Å². The van der Waals surface area contributed by atoms with E-state index in [1.54, 1.807) is 11.9 Å². The average Bonchev–Trinajstić information content (AvgIpc) is 3.12. The summed E-state index contributed by atoms with van der Waals surface area (Å²) in [6, 6.07) is 0.325. The Labute approximate surface area is 104 Å². The summed E-state index contributed by atoms with van der Waals surface area (Å²) < 4.78 is 0. The van der Waals surface area contributed by atoms with Gasteiger partial charge in [-0.25, -0.2) is 14.8 Å². The second-order valence-corrected chi connectivity index (χ2v) is 4.26. The number of carboxylic acid groups (broad SMARTS) is 1. The van der Waals surface area contributed by atoms with E-state index >= 15 is 0 Å². The molecule has 0 saturated heterocycles. The number of aromatic nitrogens is 2. The summed E-state index contributed by atoms with van der Waals surface area (Å²) in [6.07, 6.45) is 4.60. The molecule has 7 nitrogen and oxygen atoms in total. The first-order chi connectivity index (χ1) is 8.56. The van der Waals surface area contributed by atoms with E-state index in [2.05, 4.69) is 15.3 Å². The third-order valence-corrected chi connectivity index (χ3v) is 2.57. The van der Waals surface area contributed by atoms with Gasteiger partial charge in [0.25, 0.3) is 0 Å². The van der Waals surface area contributed by atoms with Crippen LogP contribution in [0.4, 0.5) is 5.82 Å². The number of nitrogens with zero attached hydrogens (tertiary/aromatic N) is 3. The molecule has 1 aliphatic rings. The third-order valence-electron chi connectivity index (χ3n) is 2.57. The zero-order valence-electron chi connectivity index (χ0n) is 9.96. The number of carbonyl (C=O) groups excluding carboxylic acids is 1. The fraction of sp³-hybridized carbons (Fsp3) is 0.455. The second kappa shape index (κ2) is 4.99. The van der Waals surface area contributed by atoms with Crippen molar-refractivity contribution in [2.75, 3.05) is 18.5 Å². The van der Waals surface area contributed by atoms with Crippen LogP contribution in [0.1, 0.15) is 23.3 Å². The van der Waals surface area contributed by atoms with E-state index in [1.165, 1.54) is 12.4 Å². The minimum absolute atomic E-state index is 0.0656. The molecular weight excluding hydrogens is 236 g/mol. The topological polar surface area (TPSA) is 95.4 Å². The molecule has 7 heteroatoms. The van der Waals surface area contributed by atoms with Crippen molar-refractivity contribution in [2.24, 2.45) is 0 Å². The molecule has 0 aliphatic heterocycles. The van der Waals surface area contributed by atoms with Gasteiger partial charge in [0.1, 0.15) is 5.82 Å².